The maximum Gasteiger partial charge on any atom is 0.135 e. The third-order valence-electron chi connectivity index (χ3n) is 2.67. The fourth-order valence-corrected chi connectivity index (χ4v) is 1.88. The number of furan rings is 1. The molecule has 0 fully saturated rings. The molecule has 0 aliphatic carbocycles. The Bertz CT molecular complexity index is 625. The zero-order valence-corrected chi connectivity index (χ0v) is 8.45. The summed E-state index contributed by atoms with van der Waals surface area (Å²) in [5.41, 5.74) is 2.99. The van der Waals surface area contributed by atoms with Crippen molar-refractivity contribution >= 4 is 27.6 Å². The first-order chi connectivity index (χ1) is 7.38. The van der Waals surface area contributed by atoms with Crippen LogP contribution in [0.15, 0.2) is 46.9 Å². The molecule has 3 aromatic rings. The minimum Gasteiger partial charge on any atom is -0.456 e. The highest BCUT2D eigenvalue weighted by molar-refractivity contribution is 6.05. The Morgan fingerprint density at radius 2 is 1.73 bits per heavy atom. The number of benzene rings is 2. The Kier molecular flexibility index (Phi) is 1.68. The zero-order chi connectivity index (χ0) is 10.3. The molecule has 0 bridgehead atoms. The molecule has 0 spiro atoms. The van der Waals surface area contributed by atoms with E-state index in [1.54, 1.807) is 0 Å². The highest BCUT2D eigenvalue weighted by Gasteiger charge is 2.05. The van der Waals surface area contributed by atoms with Gasteiger partial charge in [-0.2, -0.15) is 0 Å². The SMILES string of the molecule is CNc1ccc2oc3ccccc3c2c1. The number of hydrogen-bond acceptors (Lipinski definition) is 2. The summed E-state index contributed by atoms with van der Waals surface area (Å²) in [6, 6.07) is 14.2. The molecule has 74 valence electrons. The Morgan fingerprint density at radius 3 is 2.60 bits per heavy atom. The lowest BCUT2D eigenvalue weighted by Gasteiger charge is -1.97. The largest absolute Gasteiger partial charge is 0.456 e. The Morgan fingerprint density at radius 1 is 0.933 bits per heavy atom. The lowest BCUT2D eigenvalue weighted by Crippen LogP contribution is -1.85. The second-order valence-electron chi connectivity index (χ2n) is 3.56. The van der Waals surface area contributed by atoms with Crippen molar-refractivity contribution in [2.45, 2.75) is 0 Å². The average molecular weight is 197 g/mol. The highest BCUT2D eigenvalue weighted by atomic mass is 16.3. The fourth-order valence-electron chi connectivity index (χ4n) is 1.88. The van der Waals surface area contributed by atoms with E-state index in [0.29, 0.717) is 0 Å². The molecule has 3 rings (SSSR count). The summed E-state index contributed by atoms with van der Waals surface area (Å²) >= 11 is 0. The van der Waals surface area contributed by atoms with Crippen LogP contribution in [0, 0.1) is 0 Å². The predicted molar refractivity (Wildman–Crippen MR) is 63.3 cm³/mol. The molecule has 2 nitrogen and oxygen atoms in total. The van der Waals surface area contributed by atoms with Crippen LogP contribution in [0.4, 0.5) is 5.69 Å². The van der Waals surface area contributed by atoms with E-state index in [2.05, 4.69) is 17.4 Å². The van der Waals surface area contributed by atoms with E-state index in [4.69, 9.17) is 4.42 Å². The Labute approximate surface area is 87.5 Å². The lowest BCUT2D eigenvalue weighted by molar-refractivity contribution is 0.669. The molecule has 0 aliphatic rings. The summed E-state index contributed by atoms with van der Waals surface area (Å²) < 4.78 is 5.72. The highest BCUT2D eigenvalue weighted by Crippen LogP contribution is 2.30. The van der Waals surface area contributed by atoms with Gasteiger partial charge in [-0.1, -0.05) is 18.2 Å². The van der Waals surface area contributed by atoms with Crippen molar-refractivity contribution in [2.24, 2.45) is 0 Å². The van der Waals surface area contributed by atoms with Crippen LogP contribution in [0.5, 0.6) is 0 Å². The summed E-state index contributed by atoms with van der Waals surface area (Å²) in [6.07, 6.45) is 0. The van der Waals surface area contributed by atoms with Gasteiger partial charge in [0.05, 0.1) is 0 Å². The van der Waals surface area contributed by atoms with Crippen LogP contribution in [0.2, 0.25) is 0 Å². The first-order valence-electron chi connectivity index (χ1n) is 4.97. The van der Waals surface area contributed by atoms with Crippen molar-refractivity contribution in [3.8, 4) is 0 Å². The maximum absolute atomic E-state index is 5.72. The summed E-state index contributed by atoms with van der Waals surface area (Å²) in [4.78, 5) is 0. The van der Waals surface area contributed by atoms with Gasteiger partial charge < -0.3 is 9.73 Å². The van der Waals surface area contributed by atoms with Crippen LogP contribution in [0.1, 0.15) is 0 Å². The molecule has 0 atom stereocenters. The number of nitrogens with one attached hydrogen (secondary N) is 1. The first-order valence-corrected chi connectivity index (χ1v) is 4.97. The van der Waals surface area contributed by atoms with E-state index < -0.39 is 0 Å². The van der Waals surface area contributed by atoms with E-state index >= 15 is 0 Å². The van der Waals surface area contributed by atoms with Crippen LogP contribution in [-0.2, 0) is 0 Å². The first kappa shape index (κ1) is 8.36. The number of anilines is 1. The third-order valence-corrected chi connectivity index (χ3v) is 2.67. The van der Waals surface area contributed by atoms with Crippen LogP contribution < -0.4 is 5.32 Å². The molecule has 15 heavy (non-hydrogen) atoms. The minimum absolute atomic E-state index is 0.940. The molecule has 0 aliphatic heterocycles. The summed E-state index contributed by atoms with van der Waals surface area (Å²) in [5.74, 6) is 0. The topological polar surface area (TPSA) is 25.2 Å². The molecule has 2 aromatic carbocycles. The van der Waals surface area contributed by atoms with Crippen molar-refractivity contribution < 1.29 is 4.42 Å². The van der Waals surface area contributed by atoms with Crippen molar-refractivity contribution in [3.63, 3.8) is 0 Å². The number of hydrogen-bond donors (Lipinski definition) is 1. The van der Waals surface area contributed by atoms with Crippen LogP contribution >= 0.6 is 0 Å². The van der Waals surface area contributed by atoms with Gasteiger partial charge in [-0.15, -0.1) is 0 Å². The zero-order valence-electron chi connectivity index (χ0n) is 8.45. The number of para-hydroxylation sites is 1. The van der Waals surface area contributed by atoms with Crippen molar-refractivity contribution in [3.05, 3.63) is 42.5 Å². The van der Waals surface area contributed by atoms with Crippen molar-refractivity contribution in [1.29, 1.82) is 0 Å². The van der Waals surface area contributed by atoms with E-state index in [9.17, 15) is 0 Å². The van der Waals surface area contributed by atoms with Gasteiger partial charge in [0, 0.05) is 23.5 Å². The standard InChI is InChI=1S/C13H11NO/c1-14-9-6-7-13-11(8-9)10-4-2-3-5-12(10)15-13/h2-8,14H,1H3. The summed E-state index contributed by atoms with van der Waals surface area (Å²) in [6.45, 7) is 0. The van der Waals surface area contributed by atoms with Gasteiger partial charge in [-0.05, 0) is 24.3 Å². The predicted octanol–water partition coefficient (Wildman–Crippen LogP) is 3.63. The van der Waals surface area contributed by atoms with Crippen LogP contribution in [0.3, 0.4) is 0 Å². The van der Waals surface area contributed by atoms with Gasteiger partial charge in [-0.3, -0.25) is 0 Å². The molecular weight excluding hydrogens is 186 g/mol. The smallest absolute Gasteiger partial charge is 0.135 e. The summed E-state index contributed by atoms with van der Waals surface area (Å²) in [5, 5.41) is 5.47. The molecule has 1 heterocycles. The van der Waals surface area contributed by atoms with Gasteiger partial charge >= 0.3 is 0 Å². The normalized spacial score (nSPS) is 11.0. The molecule has 0 unspecified atom stereocenters. The van der Waals surface area contributed by atoms with Crippen molar-refractivity contribution in [2.75, 3.05) is 12.4 Å². The van der Waals surface area contributed by atoms with E-state index in [1.807, 2.05) is 37.4 Å². The van der Waals surface area contributed by atoms with E-state index in [-0.39, 0.29) is 0 Å². The number of fused-ring (bicyclic) bond motifs is 3. The van der Waals surface area contributed by atoms with Crippen LogP contribution in [0.25, 0.3) is 21.9 Å². The molecule has 0 radical (unpaired) electrons. The van der Waals surface area contributed by atoms with Gasteiger partial charge in [0.2, 0.25) is 0 Å². The summed E-state index contributed by atoms with van der Waals surface area (Å²) in [7, 11) is 1.92. The lowest BCUT2D eigenvalue weighted by atomic mass is 10.1. The van der Waals surface area contributed by atoms with Crippen LogP contribution in [-0.4, -0.2) is 7.05 Å². The van der Waals surface area contributed by atoms with Gasteiger partial charge in [-0.25, -0.2) is 0 Å². The minimum atomic E-state index is 0.940. The Balaban J connectivity index is 2.46. The van der Waals surface area contributed by atoms with Gasteiger partial charge in [0.15, 0.2) is 0 Å². The fraction of sp³-hybridized carbons (Fsp3) is 0.0769. The molecule has 0 saturated heterocycles. The van der Waals surface area contributed by atoms with Gasteiger partial charge in [0.1, 0.15) is 11.2 Å². The molecule has 2 heteroatoms. The Hall–Kier alpha value is -1.96. The number of rotatable bonds is 1. The van der Waals surface area contributed by atoms with E-state index in [0.717, 1.165) is 22.2 Å². The molecule has 1 aromatic heterocycles. The van der Waals surface area contributed by atoms with Crippen molar-refractivity contribution in [1.82, 2.24) is 0 Å². The quantitative estimate of drug-likeness (QED) is 0.644. The average Bonchev–Trinajstić information content (AvgIpc) is 2.66. The third kappa shape index (κ3) is 1.18. The van der Waals surface area contributed by atoms with E-state index in [1.165, 1.54) is 5.39 Å². The molecule has 0 saturated carbocycles. The monoisotopic (exact) mass is 197 g/mol. The van der Waals surface area contributed by atoms with Gasteiger partial charge in [0.25, 0.3) is 0 Å². The maximum atomic E-state index is 5.72. The second-order valence-corrected chi connectivity index (χ2v) is 3.56. The molecular formula is C13H11NO. The molecule has 0 amide bonds. The molecule has 1 N–H and O–H groups in total. The second kappa shape index (κ2) is 3.02.